The molecule has 2 N–H and O–H groups in total. The lowest BCUT2D eigenvalue weighted by Crippen LogP contribution is -2.62. The molecule has 1 aromatic heterocycles. The number of fused-ring (bicyclic) bond motifs is 1. The van der Waals surface area contributed by atoms with Crippen molar-refractivity contribution in [1.29, 1.82) is 0 Å². The Labute approximate surface area is 157 Å². The van der Waals surface area contributed by atoms with E-state index in [-0.39, 0.29) is 23.7 Å². The largest absolute Gasteiger partial charge is 0.334 e. The van der Waals surface area contributed by atoms with Crippen molar-refractivity contribution in [2.75, 3.05) is 11.9 Å². The number of tetrazole rings is 1. The summed E-state index contributed by atoms with van der Waals surface area (Å²) in [7, 11) is 0. The molecule has 1 saturated carbocycles. The van der Waals surface area contributed by atoms with E-state index < -0.39 is 0 Å². The highest BCUT2D eigenvalue weighted by Crippen LogP contribution is 2.57. The summed E-state index contributed by atoms with van der Waals surface area (Å²) in [5, 5.41) is 16.0. The third kappa shape index (κ3) is 3.31. The minimum Gasteiger partial charge on any atom is -0.334 e. The summed E-state index contributed by atoms with van der Waals surface area (Å²) in [6.45, 7) is 7.68. The van der Waals surface area contributed by atoms with Crippen LogP contribution in [0.4, 0.5) is 5.69 Å². The summed E-state index contributed by atoms with van der Waals surface area (Å²) in [5.41, 5.74) is 1.83. The molecule has 2 heterocycles. The third-order valence-electron chi connectivity index (χ3n) is 5.72. The zero-order chi connectivity index (χ0) is 19.2. The van der Waals surface area contributed by atoms with E-state index >= 15 is 0 Å². The lowest BCUT2D eigenvalue weighted by Gasteiger charge is -2.52. The number of carbonyl (C=O) groups is 2. The third-order valence-corrected chi connectivity index (χ3v) is 5.72. The topological polar surface area (TPSA) is 104 Å². The Kier molecular flexibility index (Phi) is 4.01. The van der Waals surface area contributed by atoms with Crippen LogP contribution in [0.15, 0.2) is 24.3 Å². The Morgan fingerprint density at radius 1 is 1.26 bits per heavy atom. The summed E-state index contributed by atoms with van der Waals surface area (Å²) >= 11 is 0. The molecule has 0 bridgehead atoms. The maximum absolute atomic E-state index is 12.9. The quantitative estimate of drug-likeness (QED) is 0.859. The van der Waals surface area contributed by atoms with Crippen LogP contribution < -0.4 is 5.32 Å². The predicted molar refractivity (Wildman–Crippen MR) is 98.9 cm³/mol. The van der Waals surface area contributed by atoms with Gasteiger partial charge < -0.3 is 10.2 Å². The lowest BCUT2D eigenvalue weighted by molar-refractivity contribution is -0.115. The minimum absolute atomic E-state index is 0.0427. The van der Waals surface area contributed by atoms with Gasteiger partial charge in [0.05, 0.1) is 6.42 Å². The zero-order valence-corrected chi connectivity index (χ0v) is 15.8. The van der Waals surface area contributed by atoms with Crippen molar-refractivity contribution < 1.29 is 9.59 Å². The van der Waals surface area contributed by atoms with E-state index in [1.807, 2.05) is 4.90 Å². The number of benzene rings is 1. The summed E-state index contributed by atoms with van der Waals surface area (Å²) < 4.78 is 0. The molecule has 2 aliphatic rings. The molecule has 2 aromatic rings. The zero-order valence-electron chi connectivity index (χ0n) is 15.8. The average molecular weight is 368 g/mol. The molecule has 1 aliphatic heterocycles. The number of likely N-dealkylation sites (tertiary alicyclic amines) is 1. The van der Waals surface area contributed by atoms with Crippen LogP contribution in [0.1, 0.15) is 49.8 Å². The van der Waals surface area contributed by atoms with Gasteiger partial charge in [-0.1, -0.05) is 26.0 Å². The molecule has 0 spiro atoms. The van der Waals surface area contributed by atoms with Crippen molar-refractivity contribution in [1.82, 2.24) is 25.5 Å². The molecule has 1 aromatic carbocycles. The first kappa shape index (κ1) is 17.6. The summed E-state index contributed by atoms with van der Waals surface area (Å²) in [6, 6.07) is 7.36. The second kappa shape index (κ2) is 6.14. The van der Waals surface area contributed by atoms with Gasteiger partial charge in [-0.2, -0.15) is 5.21 Å². The first-order valence-corrected chi connectivity index (χ1v) is 9.19. The molecule has 1 aliphatic carbocycles. The Hall–Kier alpha value is -2.77. The number of amides is 2. The van der Waals surface area contributed by atoms with Crippen molar-refractivity contribution in [2.45, 2.75) is 46.1 Å². The Morgan fingerprint density at radius 2 is 2.00 bits per heavy atom. The highest BCUT2D eigenvalue weighted by molar-refractivity contribution is 5.96. The van der Waals surface area contributed by atoms with E-state index in [0.29, 0.717) is 28.5 Å². The molecular weight excluding hydrogens is 344 g/mol. The van der Waals surface area contributed by atoms with E-state index in [1.165, 1.54) is 6.42 Å². The van der Waals surface area contributed by atoms with Crippen LogP contribution in [-0.4, -0.2) is 49.9 Å². The number of anilines is 1. The van der Waals surface area contributed by atoms with Crippen molar-refractivity contribution in [3.8, 4) is 0 Å². The van der Waals surface area contributed by atoms with Gasteiger partial charge in [-0.3, -0.25) is 9.59 Å². The Morgan fingerprint density at radius 3 is 2.63 bits per heavy atom. The minimum atomic E-state index is -0.234. The van der Waals surface area contributed by atoms with E-state index in [0.717, 1.165) is 13.0 Å². The molecule has 8 heteroatoms. The number of aromatic amines is 1. The summed E-state index contributed by atoms with van der Waals surface area (Å²) in [4.78, 5) is 26.9. The second-order valence-corrected chi connectivity index (χ2v) is 8.78. The van der Waals surface area contributed by atoms with Gasteiger partial charge in [0.2, 0.25) is 5.91 Å². The number of hydrogen-bond donors (Lipinski definition) is 2. The summed E-state index contributed by atoms with van der Waals surface area (Å²) in [6.07, 6.45) is 2.26. The summed E-state index contributed by atoms with van der Waals surface area (Å²) in [5.74, 6) is 0.168. The highest BCUT2D eigenvalue weighted by atomic mass is 16.2. The fourth-order valence-corrected chi connectivity index (χ4v) is 4.77. The lowest BCUT2D eigenvalue weighted by atomic mass is 9.74. The normalized spacial score (nSPS) is 25.6. The molecule has 27 heavy (non-hydrogen) atoms. The molecule has 2 amide bonds. The smallest absolute Gasteiger partial charge is 0.254 e. The van der Waals surface area contributed by atoms with Crippen molar-refractivity contribution in [2.24, 2.45) is 10.8 Å². The number of carbonyl (C=O) groups excluding carboxylic acids is 2. The first-order valence-electron chi connectivity index (χ1n) is 9.19. The number of H-pyrrole nitrogens is 1. The van der Waals surface area contributed by atoms with Gasteiger partial charge in [-0.25, -0.2) is 0 Å². The Balaban J connectivity index is 1.38. The van der Waals surface area contributed by atoms with Crippen LogP contribution in [0.25, 0.3) is 0 Å². The van der Waals surface area contributed by atoms with E-state index in [1.54, 1.807) is 24.3 Å². The van der Waals surface area contributed by atoms with Crippen molar-refractivity contribution in [3.05, 3.63) is 35.7 Å². The van der Waals surface area contributed by atoms with Crippen LogP contribution in [0.5, 0.6) is 0 Å². The predicted octanol–water partition coefficient (Wildman–Crippen LogP) is 2.03. The van der Waals surface area contributed by atoms with Gasteiger partial charge in [0.25, 0.3) is 5.91 Å². The maximum atomic E-state index is 12.9. The van der Waals surface area contributed by atoms with Crippen LogP contribution in [0.3, 0.4) is 0 Å². The molecule has 2 fully saturated rings. The van der Waals surface area contributed by atoms with Gasteiger partial charge in [-0.05, 0) is 42.5 Å². The molecule has 8 nitrogen and oxygen atoms in total. The molecule has 2 unspecified atom stereocenters. The van der Waals surface area contributed by atoms with Crippen molar-refractivity contribution >= 4 is 17.5 Å². The molecule has 2 atom stereocenters. The Bertz CT molecular complexity index is 861. The number of aromatic nitrogens is 4. The van der Waals surface area contributed by atoms with Gasteiger partial charge in [0.1, 0.15) is 0 Å². The first-order chi connectivity index (χ1) is 12.8. The van der Waals surface area contributed by atoms with E-state index in [4.69, 9.17) is 0 Å². The number of nitrogens with one attached hydrogen (secondary N) is 2. The van der Waals surface area contributed by atoms with Gasteiger partial charge in [0, 0.05) is 29.3 Å². The van der Waals surface area contributed by atoms with Gasteiger partial charge in [0.15, 0.2) is 5.82 Å². The molecule has 1 saturated heterocycles. The van der Waals surface area contributed by atoms with Crippen LogP contribution in [0, 0.1) is 10.8 Å². The second-order valence-electron chi connectivity index (χ2n) is 8.78. The fourth-order valence-electron chi connectivity index (χ4n) is 4.77. The van der Waals surface area contributed by atoms with Gasteiger partial charge in [-0.15, -0.1) is 10.2 Å². The van der Waals surface area contributed by atoms with E-state index in [9.17, 15) is 9.59 Å². The SMILES string of the molecule is CC1(C)CC2N(C(=O)c3ccc(NC(=O)Cc4nn[nH]n4)cc3)CC2(C)C1. The molecule has 0 radical (unpaired) electrons. The van der Waals surface area contributed by atoms with Crippen molar-refractivity contribution in [3.63, 3.8) is 0 Å². The molecule has 142 valence electrons. The average Bonchev–Trinajstić information content (AvgIpc) is 3.16. The number of hydrogen-bond acceptors (Lipinski definition) is 5. The van der Waals surface area contributed by atoms with Crippen LogP contribution in [-0.2, 0) is 11.2 Å². The van der Waals surface area contributed by atoms with Crippen LogP contribution in [0.2, 0.25) is 0 Å². The van der Waals surface area contributed by atoms with Gasteiger partial charge >= 0.3 is 0 Å². The number of rotatable bonds is 4. The van der Waals surface area contributed by atoms with E-state index in [2.05, 4.69) is 46.7 Å². The number of nitrogens with zero attached hydrogens (tertiary/aromatic N) is 4. The standard InChI is InChI=1S/C19H24N6O2/c1-18(2)9-14-19(3,10-18)11-25(14)17(27)12-4-6-13(7-5-12)20-16(26)8-15-21-23-24-22-15/h4-7,14H,8-11H2,1-3H3,(H,20,26)(H,21,22,23,24). The van der Waals surface area contributed by atoms with Crippen LogP contribution >= 0.6 is 0 Å². The monoisotopic (exact) mass is 368 g/mol. The maximum Gasteiger partial charge on any atom is 0.254 e. The fraction of sp³-hybridized carbons (Fsp3) is 0.526. The molecular formula is C19H24N6O2. The molecule has 4 rings (SSSR count). The highest BCUT2D eigenvalue weighted by Gasteiger charge is 2.59.